The van der Waals surface area contributed by atoms with Crippen molar-refractivity contribution in [3.05, 3.63) is 41.3 Å². The van der Waals surface area contributed by atoms with E-state index in [1.165, 1.54) is 12.1 Å². The highest BCUT2D eigenvalue weighted by Gasteiger charge is 2.59. The first-order valence-corrected chi connectivity index (χ1v) is 10.3. The molecule has 30 heavy (non-hydrogen) atoms. The van der Waals surface area contributed by atoms with Crippen molar-refractivity contribution in [1.29, 1.82) is 0 Å². The average molecular weight is 412 g/mol. The van der Waals surface area contributed by atoms with Gasteiger partial charge in [-0.3, -0.25) is 4.79 Å². The van der Waals surface area contributed by atoms with E-state index in [1.807, 2.05) is 4.90 Å². The van der Waals surface area contributed by atoms with Gasteiger partial charge in [-0.25, -0.2) is 9.37 Å². The first-order chi connectivity index (χ1) is 14.5. The lowest BCUT2D eigenvalue weighted by atomic mass is 9.98. The molecule has 0 bridgehead atoms. The molecular weight excluding hydrogens is 387 g/mol. The maximum atomic E-state index is 14.0. The zero-order chi connectivity index (χ0) is 20.9. The maximum absolute atomic E-state index is 14.0. The van der Waals surface area contributed by atoms with Crippen LogP contribution in [0.15, 0.2) is 24.4 Å². The summed E-state index contributed by atoms with van der Waals surface area (Å²) in [6, 6.07) is 4.69. The van der Waals surface area contributed by atoms with Crippen LogP contribution in [-0.2, 0) is 16.8 Å². The molecule has 1 saturated carbocycles. The van der Waals surface area contributed by atoms with Crippen LogP contribution in [0.3, 0.4) is 0 Å². The minimum atomic E-state index is -0.492. The van der Waals surface area contributed by atoms with E-state index in [-0.39, 0.29) is 30.9 Å². The number of aromatic nitrogens is 2. The molecule has 2 aromatic rings. The molecule has 2 aliphatic heterocycles. The van der Waals surface area contributed by atoms with E-state index in [2.05, 4.69) is 15.3 Å². The Balaban J connectivity index is 1.47. The number of halogens is 1. The summed E-state index contributed by atoms with van der Waals surface area (Å²) in [5, 5.41) is 12.4. The predicted molar refractivity (Wildman–Crippen MR) is 111 cm³/mol. The van der Waals surface area contributed by atoms with Crippen LogP contribution in [-0.4, -0.2) is 53.3 Å². The number of nitrogens with zero attached hydrogens (tertiary/aromatic N) is 4. The Morgan fingerprint density at radius 2 is 2.20 bits per heavy atom. The molecule has 1 aromatic heterocycles. The SMILES string of the molecule is NC1CCN(c2ncc(CN3C(=O)C4(CC4)c4ccc(F)cc43)c(NCCO)n2)C1. The van der Waals surface area contributed by atoms with Gasteiger partial charge in [0.1, 0.15) is 11.6 Å². The summed E-state index contributed by atoms with van der Waals surface area (Å²) in [7, 11) is 0. The third kappa shape index (κ3) is 3.09. The molecule has 8 nitrogen and oxygen atoms in total. The summed E-state index contributed by atoms with van der Waals surface area (Å²) in [6.07, 6.45) is 4.18. The normalized spacial score (nSPS) is 21.4. The molecule has 0 radical (unpaired) electrons. The number of carbonyl (C=O) groups is 1. The van der Waals surface area contributed by atoms with E-state index in [9.17, 15) is 14.3 Å². The van der Waals surface area contributed by atoms with E-state index in [1.54, 1.807) is 17.2 Å². The summed E-state index contributed by atoms with van der Waals surface area (Å²) in [6.45, 7) is 2.00. The molecule has 158 valence electrons. The number of nitrogens with one attached hydrogen (secondary N) is 1. The maximum Gasteiger partial charge on any atom is 0.238 e. The summed E-state index contributed by atoms with van der Waals surface area (Å²) in [4.78, 5) is 26.0. The van der Waals surface area contributed by atoms with Gasteiger partial charge in [0.15, 0.2) is 0 Å². The molecule has 2 fully saturated rings. The van der Waals surface area contributed by atoms with Gasteiger partial charge in [-0.05, 0) is 37.0 Å². The molecular formula is C21H25FN6O2. The van der Waals surface area contributed by atoms with Crippen LogP contribution in [0.5, 0.6) is 0 Å². The quantitative estimate of drug-likeness (QED) is 0.653. The highest BCUT2D eigenvalue weighted by molar-refractivity contribution is 6.10. The predicted octanol–water partition coefficient (Wildman–Crippen LogP) is 1.14. The fourth-order valence-electron chi connectivity index (χ4n) is 4.51. The van der Waals surface area contributed by atoms with Gasteiger partial charge in [0, 0.05) is 37.4 Å². The Bertz CT molecular complexity index is 995. The van der Waals surface area contributed by atoms with Crippen molar-refractivity contribution in [1.82, 2.24) is 9.97 Å². The summed E-state index contributed by atoms with van der Waals surface area (Å²) in [5.74, 6) is 0.785. The third-order valence-corrected chi connectivity index (χ3v) is 6.26. The topological polar surface area (TPSA) is 108 Å². The number of hydrogen-bond donors (Lipinski definition) is 3. The van der Waals surface area contributed by atoms with Crippen molar-refractivity contribution in [2.75, 3.05) is 41.4 Å². The standard InChI is InChI=1S/C21H25FN6O2/c22-14-1-2-16-17(9-14)28(19(30)21(16)4-5-21)11-13-10-25-20(26-18(13)24-6-8-29)27-7-3-15(23)12-27/h1-2,9-10,15,29H,3-8,11-12,23H2,(H,24,25,26). The zero-order valence-electron chi connectivity index (χ0n) is 16.6. The number of benzene rings is 1. The van der Waals surface area contributed by atoms with Gasteiger partial charge in [0.05, 0.1) is 24.3 Å². The minimum Gasteiger partial charge on any atom is -0.395 e. The van der Waals surface area contributed by atoms with Gasteiger partial charge in [0.2, 0.25) is 11.9 Å². The number of carbonyl (C=O) groups excluding carboxylic acids is 1. The van der Waals surface area contributed by atoms with Crippen LogP contribution in [0.25, 0.3) is 0 Å². The highest BCUT2D eigenvalue weighted by Crippen LogP contribution is 2.57. The molecule has 1 spiro atoms. The zero-order valence-corrected chi connectivity index (χ0v) is 16.6. The number of nitrogens with two attached hydrogens (primary N) is 1. The molecule has 9 heteroatoms. The number of hydrogen-bond acceptors (Lipinski definition) is 7. The number of amides is 1. The fraction of sp³-hybridized carbons (Fsp3) is 0.476. The summed E-state index contributed by atoms with van der Waals surface area (Å²) >= 11 is 0. The van der Waals surface area contributed by atoms with Crippen molar-refractivity contribution in [2.45, 2.75) is 37.3 Å². The minimum absolute atomic E-state index is 0.00537. The van der Waals surface area contributed by atoms with E-state index in [0.717, 1.165) is 36.9 Å². The largest absolute Gasteiger partial charge is 0.395 e. The molecule has 3 heterocycles. The Morgan fingerprint density at radius 1 is 1.37 bits per heavy atom. The lowest BCUT2D eigenvalue weighted by molar-refractivity contribution is -0.120. The lowest BCUT2D eigenvalue weighted by Crippen LogP contribution is -2.32. The Hall–Kier alpha value is -2.78. The second-order valence-corrected chi connectivity index (χ2v) is 8.32. The monoisotopic (exact) mass is 412 g/mol. The smallest absolute Gasteiger partial charge is 0.238 e. The number of fused-ring (bicyclic) bond motifs is 2. The van der Waals surface area contributed by atoms with Gasteiger partial charge in [-0.15, -0.1) is 0 Å². The first-order valence-electron chi connectivity index (χ1n) is 10.3. The van der Waals surface area contributed by atoms with E-state index in [0.29, 0.717) is 30.5 Å². The third-order valence-electron chi connectivity index (χ3n) is 6.26. The van der Waals surface area contributed by atoms with E-state index < -0.39 is 5.41 Å². The van der Waals surface area contributed by atoms with Crippen molar-refractivity contribution in [3.63, 3.8) is 0 Å². The average Bonchev–Trinajstić information content (AvgIpc) is 3.38. The fourth-order valence-corrected chi connectivity index (χ4v) is 4.51. The number of rotatable bonds is 6. The Morgan fingerprint density at radius 3 is 2.90 bits per heavy atom. The van der Waals surface area contributed by atoms with Gasteiger partial charge >= 0.3 is 0 Å². The molecule has 1 unspecified atom stereocenters. The second-order valence-electron chi connectivity index (χ2n) is 8.32. The molecule has 4 N–H and O–H groups in total. The van der Waals surface area contributed by atoms with Gasteiger partial charge < -0.3 is 26.0 Å². The van der Waals surface area contributed by atoms with Crippen LogP contribution in [0, 0.1) is 5.82 Å². The van der Waals surface area contributed by atoms with E-state index in [4.69, 9.17) is 5.73 Å². The van der Waals surface area contributed by atoms with Crippen LogP contribution < -0.4 is 20.9 Å². The van der Waals surface area contributed by atoms with Crippen LogP contribution >= 0.6 is 0 Å². The molecule has 1 amide bonds. The molecule has 1 aliphatic carbocycles. The van der Waals surface area contributed by atoms with Gasteiger partial charge in [-0.2, -0.15) is 4.98 Å². The number of anilines is 3. The molecule has 3 aliphatic rings. The van der Waals surface area contributed by atoms with Crippen LogP contribution in [0.4, 0.5) is 21.8 Å². The summed E-state index contributed by atoms with van der Waals surface area (Å²) < 4.78 is 14.0. The lowest BCUT2D eigenvalue weighted by Gasteiger charge is -2.22. The first kappa shape index (κ1) is 19.2. The summed E-state index contributed by atoms with van der Waals surface area (Å²) in [5.41, 5.74) is 7.76. The van der Waals surface area contributed by atoms with Crippen molar-refractivity contribution >= 4 is 23.4 Å². The van der Waals surface area contributed by atoms with Crippen LogP contribution in [0.1, 0.15) is 30.4 Å². The Labute approximate surface area is 173 Å². The molecule has 1 atom stereocenters. The molecule has 1 saturated heterocycles. The van der Waals surface area contributed by atoms with Crippen LogP contribution in [0.2, 0.25) is 0 Å². The second kappa shape index (κ2) is 7.17. The number of aliphatic hydroxyl groups excluding tert-OH is 1. The molecule has 5 rings (SSSR count). The van der Waals surface area contributed by atoms with Crippen molar-refractivity contribution in [3.8, 4) is 0 Å². The Kier molecular flexibility index (Phi) is 4.59. The van der Waals surface area contributed by atoms with Gasteiger partial charge in [-0.1, -0.05) is 6.07 Å². The highest BCUT2D eigenvalue weighted by atomic mass is 19.1. The van der Waals surface area contributed by atoms with Crippen molar-refractivity contribution < 1.29 is 14.3 Å². The molecule has 1 aromatic carbocycles. The van der Waals surface area contributed by atoms with E-state index >= 15 is 0 Å². The van der Waals surface area contributed by atoms with Crippen molar-refractivity contribution in [2.24, 2.45) is 5.73 Å². The van der Waals surface area contributed by atoms with Gasteiger partial charge in [0.25, 0.3) is 0 Å². The number of aliphatic hydroxyl groups is 1.